The number of hydrogen-bond acceptors (Lipinski definition) is 5. The molecule has 1 aromatic heterocycles. The number of rotatable bonds is 3. The van der Waals surface area contributed by atoms with Crippen molar-refractivity contribution in [2.45, 2.75) is 25.1 Å². The average molecular weight is 503 g/mol. The van der Waals surface area contributed by atoms with Gasteiger partial charge in [0, 0.05) is 31.1 Å². The summed E-state index contributed by atoms with van der Waals surface area (Å²) in [7, 11) is 1.36. The Labute approximate surface area is 202 Å². The van der Waals surface area contributed by atoms with Crippen LogP contribution in [0.1, 0.15) is 34.5 Å². The van der Waals surface area contributed by atoms with Gasteiger partial charge in [0.05, 0.1) is 23.0 Å². The van der Waals surface area contributed by atoms with Crippen LogP contribution in [0.3, 0.4) is 0 Å². The van der Waals surface area contributed by atoms with Crippen molar-refractivity contribution in [3.05, 3.63) is 65.3 Å². The van der Waals surface area contributed by atoms with Gasteiger partial charge >= 0.3 is 6.18 Å². The van der Waals surface area contributed by atoms with E-state index < -0.39 is 41.1 Å². The molecule has 1 N–H and O–H groups in total. The van der Waals surface area contributed by atoms with Crippen LogP contribution in [-0.4, -0.2) is 35.0 Å². The number of nitriles is 1. The highest BCUT2D eigenvalue weighted by atomic mass is 32.1. The van der Waals surface area contributed by atoms with E-state index in [2.05, 4.69) is 10.3 Å². The van der Waals surface area contributed by atoms with E-state index in [1.54, 1.807) is 0 Å². The van der Waals surface area contributed by atoms with Gasteiger partial charge in [0.25, 0.3) is 5.91 Å². The lowest BCUT2D eigenvalue weighted by Crippen LogP contribution is -2.48. The monoisotopic (exact) mass is 503 g/mol. The fraction of sp³-hybridized carbons (Fsp3) is 0.261. The van der Waals surface area contributed by atoms with Gasteiger partial charge in [0.2, 0.25) is 5.91 Å². The van der Waals surface area contributed by atoms with Crippen LogP contribution in [0.15, 0.2) is 42.6 Å². The van der Waals surface area contributed by atoms with Gasteiger partial charge in [0.1, 0.15) is 11.9 Å². The predicted octanol–water partition coefficient (Wildman–Crippen LogP) is 3.94. The molecule has 2 atom stereocenters. The highest BCUT2D eigenvalue weighted by Gasteiger charge is 2.42. The van der Waals surface area contributed by atoms with E-state index in [0.717, 1.165) is 17.2 Å². The molecule has 1 fully saturated rings. The summed E-state index contributed by atoms with van der Waals surface area (Å²) >= 11 is 5.58. The number of nitrogens with zero attached hydrogens (tertiary/aromatic N) is 4. The van der Waals surface area contributed by atoms with Crippen LogP contribution in [0.4, 0.5) is 28.9 Å². The first-order chi connectivity index (χ1) is 16.6. The molecule has 2 aliphatic rings. The maximum absolute atomic E-state index is 14.8. The van der Waals surface area contributed by atoms with Crippen molar-refractivity contribution in [3.8, 4) is 6.07 Å². The van der Waals surface area contributed by atoms with E-state index in [4.69, 9.17) is 17.5 Å². The first-order valence-corrected chi connectivity index (χ1v) is 10.8. The highest BCUT2D eigenvalue weighted by Crippen LogP contribution is 2.38. The van der Waals surface area contributed by atoms with Crippen molar-refractivity contribution >= 4 is 40.5 Å². The highest BCUT2D eigenvalue weighted by molar-refractivity contribution is 7.81. The Bertz CT molecular complexity index is 1300. The zero-order valence-electron chi connectivity index (χ0n) is 18.1. The number of halogens is 4. The molecule has 2 heterocycles. The van der Waals surface area contributed by atoms with Crippen LogP contribution in [0.25, 0.3) is 0 Å². The number of aromatic nitrogens is 1. The Kier molecular flexibility index (Phi) is 6.29. The molecule has 4 rings (SSSR count). The molecular weight excluding hydrogens is 486 g/mol. The first-order valence-electron chi connectivity index (χ1n) is 10.4. The number of anilines is 2. The predicted molar refractivity (Wildman–Crippen MR) is 122 cm³/mol. The fourth-order valence-corrected chi connectivity index (χ4v) is 4.70. The molecule has 1 aliphatic carbocycles. The first kappa shape index (κ1) is 24.3. The van der Waals surface area contributed by atoms with Crippen LogP contribution >= 0.6 is 12.2 Å². The second-order valence-corrected chi connectivity index (χ2v) is 8.29. The topological polar surface area (TPSA) is 89.3 Å². The third-order valence-corrected chi connectivity index (χ3v) is 6.27. The van der Waals surface area contributed by atoms with Crippen LogP contribution in [0.5, 0.6) is 0 Å². The van der Waals surface area contributed by atoms with Gasteiger partial charge in [-0.1, -0.05) is 12.2 Å². The molecule has 1 aliphatic heterocycles. The summed E-state index contributed by atoms with van der Waals surface area (Å²) in [6, 6.07) is 5.48. The van der Waals surface area contributed by atoms with Gasteiger partial charge in [-0.15, -0.1) is 0 Å². The molecular formula is C23H17F4N5O2S. The number of benzene rings is 1. The lowest BCUT2D eigenvalue weighted by atomic mass is 9.98. The van der Waals surface area contributed by atoms with Gasteiger partial charge in [-0.3, -0.25) is 14.5 Å². The third-order valence-electron chi connectivity index (χ3n) is 5.89. The second kappa shape index (κ2) is 9.07. The van der Waals surface area contributed by atoms with Crippen molar-refractivity contribution < 1.29 is 27.2 Å². The summed E-state index contributed by atoms with van der Waals surface area (Å²) in [4.78, 5) is 31.1. The molecule has 2 aromatic rings. The average Bonchev–Trinajstić information content (AvgIpc) is 3.22. The van der Waals surface area contributed by atoms with E-state index in [1.807, 2.05) is 12.2 Å². The van der Waals surface area contributed by atoms with Crippen LogP contribution in [0.2, 0.25) is 0 Å². The molecule has 0 spiro atoms. The summed E-state index contributed by atoms with van der Waals surface area (Å²) in [5.74, 6) is -2.36. The number of hydrogen-bond donors (Lipinski definition) is 1. The Morgan fingerprint density at radius 3 is 2.66 bits per heavy atom. The van der Waals surface area contributed by atoms with Crippen molar-refractivity contribution in [2.75, 3.05) is 16.8 Å². The molecule has 1 saturated heterocycles. The molecule has 180 valence electrons. The maximum atomic E-state index is 14.8. The summed E-state index contributed by atoms with van der Waals surface area (Å²) in [6.45, 7) is 0. The van der Waals surface area contributed by atoms with Crippen molar-refractivity contribution in [1.82, 2.24) is 10.3 Å². The van der Waals surface area contributed by atoms with Gasteiger partial charge in [0.15, 0.2) is 10.8 Å². The van der Waals surface area contributed by atoms with Crippen molar-refractivity contribution in [2.24, 2.45) is 5.92 Å². The number of carbonyl (C=O) groups is 2. The van der Waals surface area contributed by atoms with E-state index in [-0.39, 0.29) is 34.4 Å². The van der Waals surface area contributed by atoms with E-state index in [9.17, 15) is 27.2 Å². The van der Waals surface area contributed by atoms with E-state index in [1.165, 1.54) is 30.1 Å². The maximum Gasteiger partial charge on any atom is 0.419 e. The number of carbonyl (C=O) groups excluding carboxylic acids is 2. The number of thiocarbonyl (C=S) groups is 1. The standard InChI is InChI=1S/C23H17F4N5O2S/c1-29-21(34)15-6-5-13(9-17(15)24)31-19-4-2-3-12(19)7-20(33)32(22(31)35)14-8-16(23(25,26)27)18(10-28)30-11-14/h2-3,5-6,8-9,11-12,19H,4,7H2,1H3,(H,29,34). The van der Waals surface area contributed by atoms with Crippen LogP contribution in [-0.2, 0) is 11.0 Å². The zero-order valence-corrected chi connectivity index (χ0v) is 19.0. The van der Waals surface area contributed by atoms with Crippen LogP contribution in [0, 0.1) is 23.1 Å². The Hall–Kier alpha value is -3.85. The number of nitrogens with one attached hydrogen (secondary N) is 1. The number of pyridine rings is 1. The molecule has 0 radical (unpaired) electrons. The zero-order chi connectivity index (χ0) is 25.5. The van der Waals surface area contributed by atoms with Crippen molar-refractivity contribution in [3.63, 3.8) is 0 Å². The molecule has 12 heteroatoms. The lowest BCUT2D eigenvalue weighted by Gasteiger charge is -2.35. The number of alkyl halides is 3. The minimum Gasteiger partial charge on any atom is -0.355 e. The van der Waals surface area contributed by atoms with Gasteiger partial charge in [-0.2, -0.15) is 18.4 Å². The largest absolute Gasteiger partial charge is 0.419 e. The molecule has 2 unspecified atom stereocenters. The Balaban J connectivity index is 1.83. The van der Waals surface area contributed by atoms with Crippen molar-refractivity contribution in [1.29, 1.82) is 5.26 Å². The molecule has 1 aromatic carbocycles. The second-order valence-electron chi connectivity index (χ2n) is 7.92. The smallest absolute Gasteiger partial charge is 0.355 e. The summed E-state index contributed by atoms with van der Waals surface area (Å²) < 4.78 is 55.4. The van der Waals surface area contributed by atoms with Gasteiger partial charge in [-0.25, -0.2) is 9.37 Å². The molecule has 0 saturated carbocycles. The minimum atomic E-state index is -4.89. The lowest BCUT2D eigenvalue weighted by molar-refractivity contribution is -0.138. The molecule has 2 amide bonds. The van der Waals surface area contributed by atoms with Gasteiger partial charge in [-0.05, 0) is 42.9 Å². The molecule has 7 nitrogen and oxygen atoms in total. The van der Waals surface area contributed by atoms with Crippen LogP contribution < -0.4 is 15.1 Å². The normalized spacial score (nSPS) is 19.9. The Morgan fingerprint density at radius 1 is 1.29 bits per heavy atom. The minimum absolute atomic E-state index is 0.0576. The van der Waals surface area contributed by atoms with E-state index >= 15 is 0 Å². The number of fused-ring (bicyclic) bond motifs is 1. The SMILES string of the molecule is CNC(=O)c1ccc(N2C(=S)N(c3cnc(C#N)c(C(F)(F)F)c3)C(=O)CC3C=CCC32)cc1F. The van der Waals surface area contributed by atoms with E-state index in [0.29, 0.717) is 12.5 Å². The molecule has 35 heavy (non-hydrogen) atoms. The fourth-order valence-electron chi connectivity index (χ4n) is 4.26. The summed E-state index contributed by atoms with van der Waals surface area (Å²) in [6.07, 6.45) is 0.163. The Morgan fingerprint density at radius 2 is 2.03 bits per heavy atom. The summed E-state index contributed by atoms with van der Waals surface area (Å²) in [5, 5.41) is 11.2. The molecule has 0 bridgehead atoms. The quantitative estimate of drug-likeness (QED) is 0.388. The third kappa shape index (κ3) is 4.35. The number of amides is 2. The van der Waals surface area contributed by atoms with Gasteiger partial charge < -0.3 is 10.2 Å². The summed E-state index contributed by atoms with van der Waals surface area (Å²) in [5.41, 5.74) is -2.36.